The molecular weight excluding hydrogens is 306 g/mol. The zero-order valence-corrected chi connectivity index (χ0v) is 12.7. The van der Waals surface area contributed by atoms with E-state index in [1.54, 1.807) is 34.6 Å². The summed E-state index contributed by atoms with van der Waals surface area (Å²) in [5.41, 5.74) is 0.466. The molecule has 0 bridgehead atoms. The maximum absolute atomic E-state index is 14.6. The van der Waals surface area contributed by atoms with E-state index in [1.165, 1.54) is 31.3 Å². The minimum absolute atomic E-state index is 0.0352. The van der Waals surface area contributed by atoms with Gasteiger partial charge in [0.05, 0.1) is 16.8 Å². The molecule has 0 fully saturated rings. The zero-order chi connectivity index (χ0) is 15.5. The van der Waals surface area contributed by atoms with Gasteiger partial charge in [0.25, 0.3) is 5.92 Å². The number of halogens is 2. The molecule has 0 amide bonds. The Morgan fingerprint density at radius 3 is 2.86 bits per heavy atom. The lowest BCUT2D eigenvalue weighted by molar-refractivity contribution is -0.0677. The SMILES string of the molecule is CC1(C)N=C(c2cnc3ccnn3c2)c2sccc2C1(F)F. The number of alkyl halides is 2. The van der Waals surface area contributed by atoms with Gasteiger partial charge in [-0.25, -0.2) is 9.50 Å². The van der Waals surface area contributed by atoms with Crippen LogP contribution in [0.1, 0.15) is 29.9 Å². The van der Waals surface area contributed by atoms with E-state index >= 15 is 0 Å². The highest BCUT2D eigenvalue weighted by Crippen LogP contribution is 2.48. The number of nitrogens with zero attached hydrogens (tertiary/aromatic N) is 4. The van der Waals surface area contributed by atoms with Crippen LogP contribution in [0.4, 0.5) is 8.78 Å². The van der Waals surface area contributed by atoms with E-state index in [1.807, 2.05) is 0 Å². The van der Waals surface area contributed by atoms with Crippen LogP contribution < -0.4 is 0 Å². The number of fused-ring (bicyclic) bond motifs is 2. The number of hydrogen-bond donors (Lipinski definition) is 0. The molecule has 7 heteroatoms. The summed E-state index contributed by atoms with van der Waals surface area (Å²) in [7, 11) is 0. The Balaban J connectivity index is 1.96. The predicted molar refractivity (Wildman–Crippen MR) is 80.9 cm³/mol. The first-order chi connectivity index (χ1) is 10.4. The number of aromatic nitrogens is 3. The second kappa shape index (κ2) is 4.19. The quantitative estimate of drug-likeness (QED) is 0.689. The van der Waals surface area contributed by atoms with Crippen LogP contribution in [-0.2, 0) is 5.92 Å². The van der Waals surface area contributed by atoms with Crippen molar-refractivity contribution in [2.75, 3.05) is 0 Å². The molecular formula is C15H12F2N4S. The first-order valence-electron chi connectivity index (χ1n) is 6.76. The molecule has 4 heterocycles. The summed E-state index contributed by atoms with van der Waals surface area (Å²) in [4.78, 5) is 9.13. The van der Waals surface area contributed by atoms with Gasteiger partial charge in [-0.1, -0.05) is 0 Å². The van der Waals surface area contributed by atoms with Gasteiger partial charge in [-0.2, -0.15) is 13.9 Å². The van der Waals surface area contributed by atoms with Crippen molar-refractivity contribution < 1.29 is 8.78 Å². The van der Waals surface area contributed by atoms with E-state index < -0.39 is 11.5 Å². The molecule has 0 saturated carbocycles. The summed E-state index contributed by atoms with van der Waals surface area (Å²) in [6.07, 6.45) is 5.06. The molecule has 4 nitrogen and oxygen atoms in total. The molecule has 22 heavy (non-hydrogen) atoms. The summed E-state index contributed by atoms with van der Waals surface area (Å²) in [5.74, 6) is -2.99. The molecule has 1 aliphatic rings. The van der Waals surface area contributed by atoms with E-state index in [9.17, 15) is 8.78 Å². The second-order valence-electron chi connectivity index (χ2n) is 5.73. The van der Waals surface area contributed by atoms with E-state index in [2.05, 4.69) is 15.1 Å². The van der Waals surface area contributed by atoms with Crippen LogP contribution in [0, 0.1) is 0 Å². The number of aliphatic imine (C=N–C) groups is 1. The van der Waals surface area contributed by atoms with Crippen molar-refractivity contribution in [2.24, 2.45) is 4.99 Å². The summed E-state index contributed by atoms with van der Waals surface area (Å²) in [5, 5.41) is 5.81. The van der Waals surface area contributed by atoms with Crippen LogP contribution >= 0.6 is 11.3 Å². The smallest absolute Gasteiger partial charge is 0.270 e. The molecule has 1 aliphatic heterocycles. The minimum Gasteiger partial charge on any atom is -0.270 e. The van der Waals surface area contributed by atoms with Gasteiger partial charge in [-0.15, -0.1) is 11.3 Å². The predicted octanol–water partition coefficient (Wildman–Crippen LogP) is 3.51. The average Bonchev–Trinajstić information content (AvgIpc) is 3.11. The van der Waals surface area contributed by atoms with E-state index in [4.69, 9.17) is 0 Å². The molecule has 3 aromatic heterocycles. The molecule has 0 aliphatic carbocycles. The lowest BCUT2D eigenvalue weighted by Crippen LogP contribution is -2.43. The van der Waals surface area contributed by atoms with Crippen LogP contribution in [0.3, 0.4) is 0 Å². The molecule has 0 N–H and O–H groups in total. The third-order valence-electron chi connectivity index (χ3n) is 3.90. The molecule has 3 aromatic rings. The molecule has 0 radical (unpaired) electrons. The van der Waals surface area contributed by atoms with Gasteiger partial charge in [-0.3, -0.25) is 4.99 Å². The fraction of sp³-hybridized carbons (Fsp3) is 0.267. The Morgan fingerprint density at radius 2 is 2.05 bits per heavy atom. The van der Waals surface area contributed by atoms with Crippen molar-refractivity contribution in [2.45, 2.75) is 25.3 Å². The normalized spacial score (nSPS) is 19.0. The number of hydrogen-bond acceptors (Lipinski definition) is 4. The Labute approximate surface area is 129 Å². The van der Waals surface area contributed by atoms with Crippen molar-refractivity contribution in [3.05, 3.63) is 52.1 Å². The highest BCUT2D eigenvalue weighted by atomic mass is 32.1. The van der Waals surface area contributed by atoms with Gasteiger partial charge >= 0.3 is 0 Å². The maximum Gasteiger partial charge on any atom is 0.298 e. The summed E-state index contributed by atoms with van der Waals surface area (Å²) in [6, 6.07) is 3.26. The first-order valence-corrected chi connectivity index (χ1v) is 7.64. The Bertz CT molecular complexity index is 907. The number of thiophene rings is 1. The van der Waals surface area contributed by atoms with E-state index in [0.29, 0.717) is 21.8 Å². The van der Waals surface area contributed by atoms with Gasteiger partial charge in [-0.05, 0) is 25.3 Å². The van der Waals surface area contributed by atoms with Crippen LogP contribution in [0.2, 0.25) is 0 Å². The minimum atomic E-state index is -2.99. The van der Waals surface area contributed by atoms with Crippen molar-refractivity contribution in [1.82, 2.24) is 14.6 Å². The van der Waals surface area contributed by atoms with Gasteiger partial charge in [0.1, 0.15) is 5.54 Å². The van der Waals surface area contributed by atoms with Gasteiger partial charge < -0.3 is 0 Å². The highest BCUT2D eigenvalue weighted by molar-refractivity contribution is 7.12. The fourth-order valence-electron chi connectivity index (χ4n) is 2.60. The second-order valence-corrected chi connectivity index (χ2v) is 6.65. The zero-order valence-electron chi connectivity index (χ0n) is 11.9. The Morgan fingerprint density at radius 1 is 1.23 bits per heavy atom. The monoisotopic (exact) mass is 318 g/mol. The van der Waals surface area contributed by atoms with Crippen molar-refractivity contribution in [3.8, 4) is 0 Å². The third-order valence-corrected chi connectivity index (χ3v) is 4.82. The molecule has 0 spiro atoms. The lowest BCUT2D eigenvalue weighted by Gasteiger charge is -2.35. The average molecular weight is 318 g/mol. The molecule has 4 rings (SSSR count). The molecule has 0 aromatic carbocycles. The van der Waals surface area contributed by atoms with Gasteiger partial charge in [0.15, 0.2) is 5.65 Å². The molecule has 0 unspecified atom stereocenters. The summed E-state index contributed by atoms with van der Waals surface area (Å²) < 4.78 is 30.8. The highest BCUT2D eigenvalue weighted by Gasteiger charge is 2.53. The van der Waals surface area contributed by atoms with E-state index in [0.717, 1.165) is 0 Å². The van der Waals surface area contributed by atoms with Gasteiger partial charge in [0.2, 0.25) is 0 Å². The lowest BCUT2D eigenvalue weighted by atomic mass is 9.86. The summed E-state index contributed by atoms with van der Waals surface area (Å²) >= 11 is 1.27. The first kappa shape index (κ1) is 13.5. The standard InChI is InChI=1S/C15H12F2N4S/c1-14(2)15(16,17)10-4-6-22-13(10)12(20-14)9-7-18-11-3-5-19-21(11)8-9/h3-8H,1-2H3. The van der Waals surface area contributed by atoms with Crippen molar-refractivity contribution in [1.29, 1.82) is 0 Å². The van der Waals surface area contributed by atoms with Crippen molar-refractivity contribution >= 4 is 22.7 Å². The largest absolute Gasteiger partial charge is 0.298 e. The van der Waals surface area contributed by atoms with Crippen LogP contribution in [0.5, 0.6) is 0 Å². The fourth-order valence-corrected chi connectivity index (χ4v) is 3.54. The Kier molecular flexibility index (Phi) is 2.57. The van der Waals surface area contributed by atoms with Gasteiger partial charge in [0, 0.05) is 29.6 Å². The third kappa shape index (κ3) is 1.68. The van der Waals surface area contributed by atoms with Crippen molar-refractivity contribution in [3.63, 3.8) is 0 Å². The topological polar surface area (TPSA) is 42.5 Å². The van der Waals surface area contributed by atoms with Crippen LogP contribution in [-0.4, -0.2) is 25.8 Å². The van der Waals surface area contributed by atoms with Crippen LogP contribution in [0.15, 0.2) is 41.1 Å². The Hall–Kier alpha value is -2.15. The number of rotatable bonds is 1. The maximum atomic E-state index is 14.6. The summed E-state index contributed by atoms with van der Waals surface area (Å²) in [6.45, 7) is 2.90. The molecule has 0 saturated heterocycles. The molecule has 112 valence electrons. The molecule has 0 atom stereocenters. The van der Waals surface area contributed by atoms with Crippen LogP contribution in [0.25, 0.3) is 5.65 Å². The van der Waals surface area contributed by atoms with E-state index in [-0.39, 0.29) is 5.56 Å².